The summed E-state index contributed by atoms with van der Waals surface area (Å²) in [6.45, 7) is 4.78. The maximum Gasteiger partial charge on any atom is 0.315 e. The molecule has 0 bridgehead atoms. The first-order valence-corrected chi connectivity index (χ1v) is 5.83. The van der Waals surface area contributed by atoms with E-state index in [0.717, 1.165) is 0 Å². The first kappa shape index (κ1) is 14.4. The van der Waals surface area contributed by atoms with Crippen molar-refractivity contribution < 1.29 is 24.2 Å². The van der Waals surface area contributed by atoms with E-state index in [4.69, 9.17) is 9.84 Å². The van der Waals surface area contributed by atoms with E-state index >= 15 is 0 Å². The Morgan fingerprint density at radius 3 is 2.28 bits per heavy atom. The van der Waals surface area contributed by atoms with E-state index in [1.54, 1.807) is 11.8 Å². The number of carbonyl (C=O) groups excluding carboxylic acids is 2. The van der Waals surface area contributed by atoms with E-state index in [1.165, 1.54) is 6.92 Å². The van der Waals surface area contributed by atoms with Crippen molar-refractivity contribution in [2.24, 2.45) is 5.92 Å². The number of amides is 2. The maximum atomic E-state index is 11.9. The van der Waals surface area contributed by atoms with Crippen LogP contribution in [0.15, 0.2) is 0 Å². The zero-order valence-corrected chi connectivity index (χ0v) is 10.5. The van der Waals surface area contributed by atoms with Crippen LogP contribution in [0.4, 0.5) is 0 Å². The minimum absolute atomic E-state index is 0.218. The molecule has 0 aromatic carbocycles. The first-order valence-electron chi connectivity index (χ1n) is 5.83. The van der Waals surface area contributed by atoms with Gasteiger partial charge in [-0.1, -0.05) is 0 Å². The second-order valence-electron chi connectivity index (χ2n) is 4.23. The van der Waals surface area contributed by atoms with Gasteiger partial charge in [-0.05, 0) is 13.8 Å². The summed E-state index contributed by atoms with van der Waals surface area (Å²) in [6, 6.07) is -0.725. The molecule has 0 spiro atoms. The van der Waals surface area contributed by atoms with Crippen LogP contribution in [0, 0.1) is 5.92 Å². The Kier molecular flexibility index (Phi) is 5.08. The van der Waals surface area contributed by atoms with E-state index < -0.39 is 23.8 Å². The number of carboxylic acids is 1. The molecule has 0 aliphatic carbocycles. The molecule has 2 N–H and O–H groups in total. The molecule has 102 valence electrons. The van der Waals surface area contributed by atoms with Gasteiger partial charge in [-0.25, -0.2) is 0 Å². The van der Waals surface area contributed by atoms with E-state index in [0.29, 0.717) is 26.3 Å². The number of aliphatic carboxylic acids is 1. The fraction of sp³-hybridized carbons (Fsp3) is 0.727. The third-order valence-corrected chi connectivity index (χ3v) is 2.82. The number of hydrogen-bond donors (Lipinski definition) is 2. The van der Waals surface area contributed by atoms with Gasteiger partial charge >= 0.3 is 5.97 Å². The lowest BCUT2D eigenvalue weighted by Crippen LogP contribution is -2.51. The monoisotopic (exact) mass is 258 g/mol. The molecule has 1 heterocycles. The van der Waals surface area contributed by atoms with Gasteiger partial charge in [0.1, 0.15) is 12.0 Å². The topological polar surface area (TPSA) is 95.9 Å². The predicted octanol–water partition coefficient (Wildman–Crippen LogP) is -0.929. The summed E-state index contributed by atoms with van der Waals surface area (Å²) in [7, 11) is 0. The minimum atomic E-state index is -1.21. The molecule has 0 aromatic heterocycles. The van der Waals surface area contributed by atoms with E-state index in [2.05, 4.69) is 5.32 Å². The Balaban J connectivity index is 2.48. The van der Waals surface area contributed by atoms with Gasteiger partial charge in [0, 0.05) is 13.1 Å². The molecule has 0 radical (unpaired) electrons. The summed E-state index contributed by atoms with van der Waals surface area (Å²) in [4.78, 5) is 35.6. The number of carboxylic acid groups (broad SMARTS) is 1. The number of nitrogens with zero attached hydrogens (tertiary/aromatic N) is 1. The second kappa shape index (κ2) is 6.34. The van der Waals surface area contributed by atoms with Crippen LogP contribution in [0.25, 0.3) is 0 Å². The fourth-order valence-electron chi connectivity index (χ4n) is 1.57. The van der Waals surface area contributed by atoms with Crippen molar-refractivity contribution in [3.05, 3.63) is 0 Å². The van der Waals surface area contributed by atoms with Crippen molar-refractivity contribution >= 4 is 17.8 Å². The Labute approximate surface area is 105 Å². The van der Waals surface area contributed by atoms with Crippen LogP contribution < -0.4 is 5.32 Å². The van der Waals surface area contributed by atoms with Gasteiger partial charge in [-0.15, -0.1) is 0 Å². The molecular formula is C11H18N2O5. The molecule has 2 unspecified atom stereocenters. The van der Waals surface area contributed by atoms with E-state index in [-0.39, 0.29) is 5.91 Å². The number of nitrogens with one attached hydrogen (secondary N) is 1. The van der Waals surface area contributed by atoms with Crippen molar-refractivity contribution in [1.29, 1.82) is 0 Å². The van der Waals surface area contributed by atoms with Crippen LogP contribution in [0.3, 0.4) is 0 Å². The largest absolute Gasteiger partial charge is 0.481 e. The molecule has 1 aliphatic heterocycles. The van der Waals surface area contributed by atoms with Crippen molar-refractivity contribution in [3.63, 3.8) is 0 Å². The molecule has 1 aliphatic rings. The SMILES string of the molecule is CC(NC(=O)C(C)C(=O)O)C(=O)N1CCOCC1. The minimum Gasteiger partial charge on any atom is -0.481 e. The Hall–Kier alpha value is -1.63. The van der Waals surface area contributed by atoms with Crippen molar-refractivity contribution in [1.82, 2.24) is 10.2 Å². The molecule has 18 heavy (non-hydrogen) atoms. The highest BCUT2D eigenvalue weighted by Gasteiger charge is 2.27. The van der Waals surface area contributed by atoms with Gasteiger partial charge in [0.2, 0.25) is 11.8 Å². The van der Waals surface area contributed by atoms with Crippen LogP contribution in [-0.4, -0.2) is 60.1 Å². The van der Waals surface area contributed by atoms with Crippen LogP contribution in [0.5, 0.6) is 0 Å². The number of ether oxygens (including phenoxy) is 1. The van der Waals surface area contributed by atoms with Crippen molar-refractivity contribution in [2.75, 3.05) is 26.3 Å². The summed E-state index contributed by atoms with van der Waals surface area (Å²) in [5.74, 6) is -3.25. The van der Waals surface area contributed by atoms with Gasteiger partial charge in [0.15, 0.2) is 0 Å². The fourth-order valence-corrected chi connectivity index (χ4v) is 1.57. The lowest BCUT2D eigenvalue weighted by atomic mass is 10.1. The number of morpholine rings is 1. The third-order valence-electron chi connectivity index (χ3n) is 2.82. The van der Waals surface area contributed by atoms with Gasteiger partial charge in [0.05, 0.1) is 13.2 Å². The van der Waals surface area contributed by atoms with Crippen molar-refractivity contribution in [2.45, 2.75) is 19.9 Å². The van der Waals surface area contributed by atoms with Crippen LogP contribution in [0.2, 0.25) is 0 Å². The zero-order valence-electron chi connectivity index (χ0n) is 10.5. The molecule has 2 atom stereocenters. The predicted molar refractivity (Wildman–Crippen MR) is 61.8 cm³/mol. The standard InChI is InChI=1S/C11H18N2O5/c1-7(11(16)17)9(14)12-8(2)10(15)13-3-5-18-6-4-13/h7-8H,3-6H2,1-2H3,(H,12,14)(H,16,17). The smallest absolute Gasteiger partial charge is 0.315 e. The zero-order chi connectivity index (χ0) is 13.7. The van der Waals surface area contributed by atoms with Gasteiger partial charge in [-0.2, -0.15) is 0 Å². The maximum absolute atomic E-state index is 11.9. The molecule has 1 fully saturated rings. The highest BCUT2D eigenvalue weighted by Crippen LogP contribution is 2.02. The van der Waals surface area contributed by atoms with Crippen molar-refractivity contribution in [3.8, 4) is 0 Å². The lowest BCUT2D eigenvalue weighted by Gasteiger charge is -2.29. The average molecular weight is 258 g/mol. The molecule has 1 saturated heterocycles. The van der Waals surface area contributed by atoms with Gasteiger partial charge in [0.25, 0.3) is 0 Å². The first-order chi connectivity index (χ1) is 8.43. The van der Waals surface area contributed by atoms with Gasteiger partial charge < -0.3 is 20.1 Å². The second-order valence-corrected chi connectivity index (χ2v) is 4.23. The Morgan fingerprint density at radius 2 is 1.78 bits per heavy atom. The van der Waals surface area contributed by atoms with Crippen LogP contribution in [-0.2, 0) is 19.1 Å². The normalized spacial score (nSPS) is 18.9. The van der Waals surface area contributed by atoms with E-state index in [1.807, 2.05) is 0 Å². The molecule has 7 nitrogen and oxygen atoms in total. The highest BCUT2D eigenvalue weighted by molar-refractivity contribution is 5.98. The molecule has 0 aromatic rings. The summed E-state index contributed by atoms with van der Waals surface area (Å²) < 4.78 is 5.12. The molecule has 0 saturated carbocycles. The average Bonchev–Trinajstić information content (AvgIpc) is 2.37. The molecule has 1 rings (SSSR count). The summed E-state index contributed by atoms with van der Waals surface area (Å²) in [5.41, 5.74) is 0. The van der Waals surface area contributed by atoms with Crippen LogP contribution >= 0.6 is 0 Å². The Bertz CT molecular complexity index is 338. The van der Waals surface area contributed by atoms with Gasteiger partial charge in [-0.3, -0.25) is 14.4 Å². The highest BCUT2D eigenvalue weighted by atomic mass is 16.5. The molecule has 7 heteroatoms. The third kappa shape index (κ3) is 3.69. The summed E-state index contributed by atoms with van der Waals surface area (Å²) in [6.07, 6.45) is 0. The molecular weight excluding hydrogens is 240 g/mol. The number of carbonyl (C=O) groups is 3. The quantitative estimate of drug-likeness (QED) is 0.635. The number of hydrogen-bond acceptors (Lipinski definition) is 4. The lowest BCUT2D eigenvalue weighted by molar-refractivity contribution is -0.148. The number of rotatable bonds is 4. The van der Waals surface area contributed by atoms with E-state index in [9.17, 15) is 14.4 Å². The summed E-state index contributed by atoms with van der Waals surface area (Å²) in [5, 5.41) is 11.1. The summed E-state index contributed by atoms with van der Waals surface area (Å²) >= 11 is 0. The molecule has 2 amide bonds. The van der Waals surface area contributed by atoms with Crippen LogP contribution in [0.1, 0.15) is 13.8 Å². The Morgan fingerprint density at radius 1 is 1.22 bits per heavy atom.